The van der Waals surface area contributed by atoms with Crippen LogP contribution in [0.15, 0.2) is 22.7 Å². The first-order valence-electron chi connectivity index (χ1n) is 5.55. The lowest BCUT2D eigenvalue weighted by molar-refractivity contribution is 0.165. The van der Waals surface area contributed by atoms with Gasteiger partial charge in [-0.3, -0.25) is 4.90 Å². The number of hydrogen-bond donors (Lipinski definition) is 1. The number of piperazine rings is 1. The summed E-state index contributed by atoms with van der Waals surface area (Å²) < 4.78 is 13.6. The molecule has 1 aromatic carbocycles. The highest BCUT2D eigenvalue weighted by atomic mass is 79.9. The van der Waals surface area contributed by atoms with Gasteiger partial charge in [-0.05, 0) is 40.5 Å². The summed E-state index contributed by atoms with van der Waals surface area (Å²) in [6.07, 6.45) is 0. The predicted octanol–water partition coefficient (Wildman–Crippen LogP) is 2.38. The number of benzene rings is 1. The van der Waals surface area contributed by atoms with Crippen molar-refractivity contribution < 1.29 is 4.39 Å². The number of halogens is 2. The molecule has 0 radical (unpaired) electrons. The fraction of sp³-hybridized carbons (Fsp3) is 0.500. The zero-order chi connectivity index (χ0) is 11.5. The molecule has 0 bridgehead atoms. The van der Waals surface area contributed by atoms with Crippen LogP contribution >= 0.6 is 15.9 Å². The van der Waals surface area contributed by atoms with E-state index in [2.05, 4.69) is 33.1 Å². The van der Waals surface area contributed by atoms with E-state index in [9.17, 15) is 4.39 Å². The SMILES string of the molecule is CC1CNCCN1Cc1ccc(F)c(Br)c1. The summed E-state index contributed by atoms with van der Waals surface area (Å²) in [5, 5.41) is 3.36. The molecular weight excluding hydrogens is 271 g/mol. The minimum atomic E-state index is -0.197. The van der Waals surface area contributed by atoms with E-state index in [4.69, 9.17) is 0 Å². The van der Waals surface area contributed by atoms with Crippen LogP contribution in [0.5, 0.6) is 0 Å². The second-order valence-corrected chi connectivity index (χ2v) is 5.13. The molecule has 88 valence electrons. The molecule has 2 rings (SSSR count). The highest BCUT2D eigenvalue weighted by Gasteiger charge is 2.17. The van der Waals surface area contributed by atoms with Gasteiger partial charge in [0, 0.05) is 32.2 Å². The molecule has 0 saturated carbocycles. The maximum Gasteiger partial charge on any atom is 0.137 e. The normalized spacial score (nSPS) is 22.3. The van der Waals surface area contributed by atoms with Crippen LogP contribution in [0.3, 0.4) is 0 Å². The Morgan fingerprint density at radius 1 is 1.56 bits per heavy atom. The molecule has 0 aromatic heterocycles. The van der Waals surface area contributed by atoms with E-state index >= 15 is 0 Å². The first kappa shape index (κ1) is 12.0. The van der Waals surface area contributed by atoms with Gasteiger partial charge in [0.15, 0.2) is 0 Å². The lowest BCUT2D eigenvalue weighted by Gasteiger charge is -2.33. The largest absolute Gasteiger partial charge is 0.314 e. The zero-order valence-electron chi connectivity index (χ0n) is 9.34. The fourth-order valence-corrected chi connectivity index (χ4v) is 2.42. The van der Waals surface area contributed by atoms with Gasteiger partial charge in [-0.1, -0.05) is 6.07 Å². The molecule has 0 spiro atoms. The summed E-state index contributed by atoms with van der Waals surface area (Å²) >= 11 is 3.22. The summed E-state index contributed by atoms with van der Waals surface area (Å²) in [6.45, 7) is 6.22. The van der Waals surface area contributed by atoms with E-state index in [-0.39, 0.29) is 5.82 Å². The number of hydrogen-bond acceptors (Lipinski definition) is 2. The van der Waals surface area contributed by atoms with Crippen LogP contribution < -0.4 is 5.32 Å². The minimum Gasteiger partial charge on any atom is -0.314 e. The molecule has 4 heteroatoms. The maximum atomic E-state index is 13.1. The third kappa shape index (κ3) is 2.81. The Balaban J connectivity index is 2.05. The Morgan fingerprint density at radius 3 is 3.06 bits per heavy atom. The highest BCUT2D eigenvalue weighted by Crippen LogP contribution is 2.18. The van der Waals surface area contributed by atoms with Crippen molar-refractivity contribution in [1.29, 1.82) is 0 Å². The van der Waals surface area contributed by atoms with E-state index in [1.165, 1.54) is 6.07 Å². The van der Waals surface area contributed by atoms with Crippen molar-refractivity contribution in [3.63, 3.8) is 0 Å². The molecule has 2 nitrogen and oxygen atoms in total. The predicted molar refractivity (Wildman–Crippen MR) is 66.8 cm³/mol. The molecule has 1 unspecified atom stereocenters. The lowest BCUT2D eigenvalue weighted by Crippen LogP contribution is -2.49. The molecule has 1 heterocycles. The van der Waals surface area contributed by atoms with Gasteiger partial charge in [-0.15, -0.1) is 0 Å². The number of rotatable bonds is 2. The van der Waals surface area contributed by atoms with Crippen LogP contribution in [0.1, 0.15) is 12.5 Å². The molecule has 1 fully saturated rings. The average Bonchev–Trinajstić information content (AvgIpc) is 2.27. The van der Waals surface area contributed by atoms with Crippen LogP contribution in [-0.4, -0.2) is 30.6 Å². The zero-order valence-corrected chi connectivity index (χ0v) is 10.9. The summed E-state index contributed by atoms with van der Waals surface area (Å²) in [7, 11) is 0. The van der Waals surface area contributed by atoms with Gasteiger partial charge in [-0.2, -0.15) is 0 Å². The molecule has 1 atom stereocenters. The monoisotopic (exact) mass is 286 g/mol. The van der Waals surface area contributed by atoms with Gasteiger partial charge in [0.05, 0.1) is 4.47 Å². The Kier molecular flexibility index (Phi) is 3.95. The summed E-state index contributed by atoms with van der Waals surface area (Å²) in [5.74, 6) is -0.197. The molecule has 0 amide bonds. The van der Waals surface area contributed by atoms with E-state index in [0.717, 1.165) is 31.7 Å². The molecular formula is C12H16BrFN2. The van der Waals surface area contributed by atoms with Crippen molar-refractivity contribution in [3.05, 3.63) is 34.1 Å². The van der Waals surface area contributed by atoms with Crippen molar-refractivity contribution in [2.45, 2.75) is 19.5 Å². The van der Waals surface area contributed by atoms with Gasteiger partial charge in [0.2, 0.25) is 0 Å². The van der Waals surface area contributed by atoms with Gasteiger partial charge in [-0.25, -0.2) is 4.39 Å². The van der Waals surface area contributed by atoms with Gasteiger partial charge in [0.1, 0.15) is 5.82 Å². The molecule has 16 heavy (non-hydrogen) atoms. The summed E-state index contributed by atoms with van der Waals surface area (Å²) in [5.41, 5.74) is 1.15. The van der Waals surface area contributed by atoms with E-state index in [1.54, 1.807) is 0 Å². The first-order chi connectivity index (χ1) is 7.66. The third-order valence-electron chi connectivity index (χ3n) is 3.01. The van der Waals surface area contributed by atoms with Gasteiger partial charge >= 0.3 is 0 Å². The molecule has 1 N–H and O–H groups in total. The minimum absolute atomic E-state index is 0.197. The maximum absolute atomic E-state index is 13.1. The van der Waals surface area contributed by atoms with E-state index in [0.29, 0.717) is 10.5 Å². The third-order valence-corrected chi connectivity index (χ3v) is 3.62. The Hall–Kier alpha value is -0.450. The molecule has 0 aliphatic carbocycles. The lowest BCUT2D eigenvalue weighted by atomic mass is 10.1. The molecule has 1 aliphatic rings. The number of nitrogens with zero attached hydrogens (tertiary/aromatic N) is 1. The Bertz CT molecular complexity index is 370. The van der Waals surface area contributed by atoms with Crippen LogP contribution in [0.2, 0.25) is 0 Å². The van der Waals surface area contributed by atoms with Crippen molar-refractivity contribution in [2.24, 2.45) is 0 Å². The van der Waals surface area contributed by atoms with Crippen LogP contribution in [0, 0.1) is 5.82 Å². The standard InChI is InChI=1S/C12H16BrFN2/c1-9-7-15-4-5-16(9)8-10-2-3-12(14)11(13)6-10/h2-3,6,9,15H,4-5,7-8H2,1H3. The second kappa shape index (κ2) is 5.25. The van der Waals surface area contributed by atoms with Gasteiger partial charge in [0.25, 0.3) is 0 Å². The number of nitrogens with one attached hydrogen (secondary N) is 1. The summed E-state index contributed by atoms with van der Waals surface area (Å²) in [4.78, 5) is 2.41. The topological polar surface area (TPSA) is 15.3 Å². The van der Waals surface area contributed by atoms with Crippen molar-refractivity contribution in [1.82, 2.24) is 10.2 Å². The van der Waals surface area contributed by atoms with Gasteiger partial charge < -0.3 is 5.32 Å². The Morgan fingerprint density at radius 2 is 2.38 bits per heavy atom. The summed E-state index contributed by atoms with van der Waals surface area (Å²) in [6, 6.07) is 5.78. The Labute approximate surface area is 104 Å². The van der Waals surface area contributed by atoms with Crippen molar-refractivity contribution in [2.75, 3.05) is 19.6 Å². The van der Waals surface area contributed by atoms with Crippen molar-refractivity contribution >= 4 is 15.9 Å². The van der Waals surface area contributed by atoms with E-state index in [1.807, 2.05) is 12.1 Å². The highest BCUT2D eigenvalue weighted by molar-refractivity contribution is 9.10. The van der Waals surface area contributed by atoms with Crippen LogP contribution in [0.4, 0.5) is 4.39 Å². The quantitative estimate of drug-likeness (QED) is 0.898. The van der Waals surface area contributed by atoms with E-state index < -0.39 is 0 Å². The smallest absolute Gasteiger partial charge is 0.137 e. The molecule has 1 aromatic rings. The molecule has 1 aliphatic heterocycles. The average molecular weight is 287 g/mol. The fourth-order valence-electron chi connectivity index (χ4n) is 1.99. The van der Waals surface area contributed by atoms with Crippen LogP contribution in [-0.2, 0) is 6.54 Å². The first-order valence-corrected chi connectivity index (χ1v) is 6.35. The van der Waals surface area contributed by atoms with Crippen molar-refractivity contribution in [3.8, 4) is 0 Å². The van der Waals surface area contributed by atoms with Crippen LogP contribution in [0.25, 0.3) is 0 Å². The second-order valence-electron chi connectivity index (χ2n) is 4.27. The molecule has 1 saturated heterocycles.